The zero-order valence-corrected chi connectivity index (χ0v) is 15.7. The van der Waals surface area contributed by atoms with Crippen molar-refractivity contribution in [2.45, 2.75) is 32.6 Å². The van der Waals surface area contributed by atoms with Gasteiger partial charge in [-0.3, -0.25) is 14.4 Å². The number of aromatic hydroxyl groups is 2. The van der Waals surface area contributed by atoms with E-state index in [2.05, 4.69) is 0 Å². The van der Waals surface area contributed by atoms with Crippen LogP contribution in [0.5, 0.6) is 17.2 Å². The minimum atomic E-state index is -0.551. The van der Waals surface area contributed by atoms with Gasteiger partial charge in [-0.05, 0) is 25.3 Å². The van der Waals surface area contributed by atoms with Gasteiger partial charge in [-0.1, -0.05) is 19.1 Å². The van der Waals surface area contributed by atoms with E-state index in [0.29, 0.717) is 30.4 Å². The Hall–Kier alpha value is -3.15. The van der Waals surface area contributed by atoms with Crippen LogP contribution in [0.4, 0.5) is 0 Å². The molecule has 144 valence electrons. The lowest BCUT2D eigenvalue weighted by atomic mass is 9.74. The number of methoxy groups -OCH3 is 1. The van der Waals surface area contributed by atoms with Crippen LogP contribution in [0.15, 0.2) is 18.2 Å². The maximum Gasteiger partial charge on any atom is 0.202 e. The summed E-state index contributed by atoms with van der Waals surface area (Å²) >= 11 is 0. The van der Waals surface area contributed by atoms with Crippen LogP contribution < -0.4 is 4.74 Å². The Bertz CT molecular complexity index is 1050. The van der Waals surface area contributed by atoms with E-state index in [1.54, 1.807) is 19.1 Å². The van der Waals surface area contributed by atoms with E-state index in [0.717, 1.165) is 0 Å². The molecule has 0 saturated carbocycles. The molecule has 0 spiro atoms. The van der Waals surface area contributed by atoms with E-state index in [9.17, 15) is 24.6 Å². The van der Waals surface area contributed by atoms with E-state index in [1.165, 1.54) is 13.2 Å². The lowest BCUT2D eigenvalue weighted by Crippen LogP contribution is -2.27. The van der Waals surface area contributed by atoms with Gasteiger partial charge >= 0.3 is 0 Å². The predicted molar refractivity (Wildman–Crippen MR) is 100 cm³/mol. The van der Waals surface area contributed by atoms with Gasteiger partial charge in [0, 0.05) is 29.0 Å². The van der Waals surface area contributed by atoms with Crippen molar-refractivity contribution in [1.82, 2.24) is 0 Å². The van der Waals surface area contributed by atoms with Crippen molar-refractivity contribution in [3.63, 3.8) is 0 Å². The van der Waals surface area contributed by atoms with Gasteiger partial charge in [-0.2, -0.15) is 0 Å². The Morgan fingerprint density at radius 1 is 1.07 bits per heavy atom. The molecule has 6 nitrogen and oxygen atoms in total. The molecule has 2 aromatic carbocycles. The maximum absolute atomic E-state index is 13.2. The third-order valence-electron chi connectivity index (χ3n) is 5.83. The van der Waals surface area contributed by atoms with Gasteiger partial charge in [-0.15, -0.1) is 0 Å². The monoisotopic (exact) mass is 380 g/mol. The van der Waals surface area contributed by atoms with Crippen molar-refractivity contribution in [2.75, 3.05) is 7.11 Å². The molecular weight excluding hydrogens is 360 g/mol. The minimum Gasteiger partial charge on any atom is -0.507 e. The topological polar surface area (TPSA) is 101 Å². The molecule has 2 aliphatic rings. The van der Waals surface area contributed by atoms with Crippen LogP contribution in [0.25, 0.3) is 0 Å². The van der Waals surface area contributed by atoms with Crippen LogP contribution in [-0.4, -0.2) is 34.7 Å². The molecule has 2 aliphatic carbocycles. The first-order valence-corrected chi connectivity index (χ1v) is 9.29. The van der Waals surface area contributed by atoms with Gasteiger partial charge in [-0.25, -0.2) is 0 Å². The van der Waals surface area contributed by atoms with Gasteiger partial charge in [0.05, 0.1) is 23.8 Å². The van der Waals surface area contributed by atoms with E-state index >= 15 is 0 Å². The number of Topliss-reactive ketones (excluding diaryl/α,β-unsaturated/α-hetero) is 1. The first-order valence-electron chi connectivity index (χ1n) is 9.29. The van der Waals surface area contributed by atoms with Crippen LogP contribution in [0.2, 0.25) is 0 Å². The molecule has 0 aromatic heterocycles. The molecule has 2 N–H and O–H groups in total. The second-order valence-corrected chi connectivity index (χ2v) is 7.20. The van der Waals surface area contributed by atoms with Crippen molar-refractivity contribution < 1.29 is 29.3 Å². The number of rotatable bonds is 3. The molecule has 0 amide bonds. The largest absolute Gasteiger partial charge is 0.507 e. The van der Waals surface area contributed by atoms with Gasteiger partial charge in [0.2, 0.25) is 5.78 Å². The summed E-state index contributed by atoms with van der Waals surface area (Å²) < 4.78 is 5.23. The summed E-state index contributed by atoms with van der Waals surface area (Å²) in [4.78, 5) is 38.4. The molecule has 28 heavy (non-hydrogen) atoms. The first-order chi connectivity index (χ1) is 13.4. The van der Waals surface area contributed by atoms with E-state index in [-0.39, 0.29) is 57.6 Å². The highest BCUT2D eigenvalue weighted by molar-refractivity contribution is 6.31. The van der Waals surface area contributed by atoms with Crippen LogP contribution in [-0.2, 0) is 17.6 Å². The quantitative estimate of drug-likeness (QED) is 0.678. The summed E-state index contributed by atoms with van der Waals surface area (Å²) in [6, 6.07) is 4.67. The standard InChI is InChI=1S/C22H20O6/c1-3-14(23)10-7-8-11-13(9-10)21(26)17-18(19(11)24)22(27)16-12(20(17)25)5-4-6-15(16)28-2/h4-6,10,24,26H,3,7-9H2,1-2H3. The number of phenolic OH excluding ortho intramolecular Hbond substituents is 2. The second kappa shape index (κ2) is 6.48. The molecule has 2 aromatic rings. The summed E-state index contributed by atoms with van der Waals surface area (Å²) in [5.74, 6) is -1.61. The van der Waals surface area contributed by atoms with Crippen LogP contribution in [0, 0.1) is 5.92 Å². The molecule has 0 fully saturated rings. The molecular formula is C22H20O6. The molecule has 0 bridgehead atoms. The van der Waals surface area contributed by atoms with Crippen LogP contribution in [0.1, 0.15) is 62.7 Å². The number of hydrogen-bond donors (Lipinski definition) is 2. The second-order valence-electron chi connectivity index (χ2n) is 7.20. The Kier molecular flexibility index (Phi) is 4.22. The summed E-state index contributed by atoms with van der Waals surface area (Å²) in [6.07, 6.45) is 1.54. The number of benzene rings is 2. The van der Waals surface area contributed by atoms with Gasteiger partial charge < -0.3 is 14.9 Å². The lowest BCUT2D eigenvalue weighted by molar-refractivity contribution is -0.122. The maximum atomic E-state index is 13.2. The number of ketones is 3. The normalized spacial score (nSPS) is 17.6. The fraction of sp³-hybridized carbons (Fsp3) is 0.318. The molecule has 0 saturated heterocycles. The molecule has 1 atom stereocenters. The number of hydrogen-bond acceptors (Lipinski definition) is 6. The molecule has 0 heterocycles. The Labute approximate surface area is 161 Å². The number of ether oxygens (including phenoxy) is 1. The highest BCUT2D eigenvalue weighted by Gasteiger charge is 2.40. The van der Waals surface area contributed by atoms with Crippen LogP contribution in [0.3, 0.4) is 0 Å². The zero-order chi connectivity index (χ0) is 20.2. The number of phenols is 2. The summed E-state index contributed by atoms with van der Waals surface area (Å²) in [5.41, 5.74) is 0.679. The smallest absolute Gasteiger partial charge is 0.202 e. The van der Waals surface area contributed by atoms with E-state index < -0.39 is 11.6 Å². The highest BCUT2D eigenvalue weighted by Crippen LogP contribution is 2.47. The average Bonchev–Trinajstić information content (AvgIpc) is 2.72. The van der Waals surface area contributed by atoms with Crippen molar-refractivity contribution >= 4 is 17.3 Å². The third-order valence-corrected chi connectivity index (χ3v) is 5.83. The molecule has 1 unspecified atom stereocenters. The summed E-state index contributed by atoms with van der Waals surface area (Å²) in [5, 5.41) is 21.7. The SMILES string of the molecule is CCC(=O)C1CCc2c(O)c3c(c(O)c2C1)C(=O)c1cccc(OC)c1C3=O. The molecule has 6 heteroatoms. The predicted octanol–water partition coefficient (Wildman–Crippen LogP) is 2.97. The van der Waals surface area contributed by atoms with E-state index in [1.807, 2.05) is 0 Å². The summed E-state index contributed by atoms with van der Waals surface area (Å²) in [6.45, 7) is 1.79. The fourth-order valence-corrected chi connectivity index (χ4v) is 4.37. The fourth-order valence-electron chi connectivity index (χ4n) is 4.37. The Morgan fingerprint density at radius 2 is 1.75 bits per heavy atom. The average molecular weight is 380 g/mol. The lowest BCUT2D eigenvalue weighted by Gasteiger charge is -2.29. The number of carbonyl (C=O) groups is 3. The van der Waals surface area contributed by atoms with Crippen LogP contribution >= 0.6 is 0 Å². The molecule has 0 radical (unpaired) electrons. The van der Waals surface area contributed by atoms with Gasteiger partial charge in [0.1, 0.15) is 23.0 Å². The summed E-state index contributed by atoms with van der Waals surface area (Å²) in [7, 11) is 1.40. The molecule has 4 rings (SSSR count). The van der Waals surface area contributed by atoms with Crippen molar-refractivity contribution in [3.05, 3.63) is 51.6 Å². The highest BCUT2D eigenvalue weighted by atomic mass is 16.5. The van der Waals surface area contributed by atoms with Crippen molar-refractivity contribution in [2.24, 2.45) is 5.92 Å². The number of fused-ring (bicyclic) bond motifs is 3. The van der Waals surface area contributed by atoms with Crippen molar-refractivity contribution in [3.8, 4) is 17.2 Å². The van der Waals surface area contributed by atoms with E-state index in [4.69, 9.17) is 4.74 Å². The van der Waals surface area contributed by atoms with Gasteiger partial charge in [0.15, 0.2) is 5.78 Å². The minimum absolute atomic E-state index is 0.0831. The third kappa shape index (κ3) is 2.37. The zero-order valence-electron chi connectivity index (χ0n) is 15.7. The van der Waals surface area contributed by atoms with Crippen molar-refractivity contribution in [1.29, 1.82) is 0 Å². The first kappa shape index (κ1) is 18.2. The molecule has 0 aliphatic heterocycles. The Morgan fingerprint density at radius 3 is 2.43 bits per heavy atom. The Balaban J connectivity index is 1.95. The number of carbonyl (C=O) groups excluding carboxylic acids is 3. The van der Waals surface area contributed by atoms with Gasteiger partial charge in [0.25, 0.3) is 0 Å².